The number of amides is 1. The molecule has 2 nitrogen and oxygen atoms in total. The van der Waals surface area contributed by atoms with E-state index in [1.165, 1.54) is 11.1 Å². The van der Waals surface area contributed by atoms with E-state index in [1.54, 1.807) is 0 Å². The van der Waals surface area contributed by atoms with Crippen molar-refractivity contribution in [1.29, 1.82) is 0 Å². The van der Waals surface area contributed by atoms with Crippen LogP contribution in [0, 0.1) is 5.92 Å². The molecule has 3 rings (SSSR count). The maximum atomic E-state index is 12.5. The summed E-state index contributed by atoms with van der Waals surface area (Å²) in [6.45, 7) is 4.26. The molecule has 132 valence electrons. The van der Waals surface area contributed by atoms with Crippen molar-refractivity contribution in [1.82, 2.24) is 5.32 Å². The van der Waals surface area contributed by atoms with Gasteiger partial charge in [-0.25, -0.2) is 0 Å². The van der Waals surface area contributed by atoms with E-state index in [0.717, 1.165) is 11.1 Å². The first-order chi connectivity index (χ1) is 12.6. The predicted molar refractivity (Wildman–Crippen MR) is 108 cm³/mol. The number of rotatable bonds is 6. The van der Waals surface area contributed by atoms with Crippen molar-refractivity contribution in [3.63, 3.8) is 0 Å². The van der Waals surface area contributed by atoms with Gasteiger partial charge in [0.05, 0.1) is 12.5 Å². The average Bonchev–Trinajstić information content (AvgIpc) is 2.68. The van der Waals surface area contributed by atoms with Crippen LogP contribution in [-0.2, 0) is 11.2 Å². The second kappa shape index (κ2) is 8.48. The molecule has 0 heterocycles. The number of hydrogen-bond donors (Lipinski definition) is 1. The number of nitrogens with one attached hydrogen (secondary N) is 1. The molecule has 3 aromatic carbocycles. The molecule has 0 aliphatic carbocycles. The lowest BCUT2D eigenvalue weighted by Gasteiger charge is -2.23. The zero-order chi connectivity index (χ0) is 18.4. The van der Waals surface area contributed by atoms with Gasteiger partial charge < -0.3 is 5.32 Å². The van der Waals surface area contributed by atoms with Crippen LogP contribution in [0.1, 0.15) is 31.0 Å². The molecule has 1 atom stereocenters. The van der Waals surface area contributed by atoms with Crippen LogP contribution in [0.15, 0.2) is 84.9 Å². The quantitative estimate of drug-likeness (QED) is 0.637. The lowest BCUT2D eigenvalue weighted by molar-refractivity contribution is -0.121. The summed E-state index contributed by atoms with van der Waals surface area (Å²) in [7, 11) is 0. The van der Waals surface area contributed by atoms with Crippen molar-refractivity contribution in [2.45, 2.75) is 26.3 Å². The smallest absolute Gasteiger partial charge is 0.224 e. The first-order valence-electron chi connectivity index (χ1n) is 9.12. The Morgan fingerprint density at radius 2 is 1.31 bits per heavy atom. The zero-order valence-electron chi connectivity index (χ0n) is 15.4. The number of benzene rings is 3. The molecule has 0 aromatic heterocycles. The summed E-state index contributed by atoms with van der Waals surface area (Å²) in [5, 5.41) is 3.19. The van der Waals surface area contributed by atoms with Crippen LogP contribution in [0.3, 0.4) is 0 Å². The highest BCUT2D eigenvalue weighted by molar-refractivity contribution is 5.79. The van der Waals surface area contributed by atoms with E-state index in [2.05, 4.69) is 55.6 Å². The highest BCUT2D eigenvalue weighted by Gasteiger charge is 2.18. The first kappa shape index (κ1) is 17.9. The van der Waals surface area contributed by atoms with E-state index in [9.17, 15) is 4.79 Å². The van der Waals surface area contributed by atoms with Gasteiger partial charge in [-0.2, -0.15) is 0 Å². The lowest BCUT2D eigenvalue weighted by Crippen LogP contribution is -2.32. The van der Waals surface area contributed by atoms with Gasteiger partial charge in [0.15, 0.2) is 0 Å². The van der Waals surface area contributed by atoms with Gasteiger partial charge in [0, 0.05) is 0 Å². The SMILES string of the molecule is CC(C)C(NC(=O)Cc1ccc(-c2ccccc2)cc1)c1ccccc1. The van der Waals surface area contributed by atoms with Gasteiger partial charge >= 0.3 is 0 Å². The van der Waals surface area contributed by atoms with Gasteiger partial charge in [0.2, 0.25) is 5.91 Å². The van der Waals surface area contributed by atoms with E-state index < -0.39 is 0 Å². The molecule has 0 spiro atoms. The van der Waals surface area contributed by atoms with Gasteiger partial charge in [-0.3, -0.25) is 4.79 Å². The van der Waals surface area contributed by atoms with Gasteiger partial charge in [0.1, 0.15) is 0 Å². The Balaban J connectivity index is 1.66. The van der Waals surface area contributed by atoms with Gasteiger partial charge in [0.25, 0.3) is 0 Å². The summed E-state index contributed by atoms with van der Waals surface area (Å²) in [6.07, 6.45) is 0.394. The molecule has 2 heteroatoms. The third-order valence-electron chi connectivity index (χ3n) is 4.57. The van der Waals surface area contributed by atoms with Crippen LogP contribution in [-0.4, -0.2) is 5.91 Å². The average molecular weight is 343 g/mol. The highest BCUT2D eigenvalue weighted by atomic mass is 16.1. The fourth-order valence-electron chi connectivity index (χ4n) is 3.15. The fourth-order valence-corrected chi connectivity index (χ4v) is 3.15. The summed E-state index contributed by atoms with van der Waals surface area (Å²) < 4.78 is 0. The van der Waals surface area contributed by atoms with Crippen molar-refractivity contribution in [2.75, 3.05) is 0 Å². The molecule has 0 saturated heterocycles. The van der Waals surface area contributed by atoms with Crippen LogP contribution >= 0.6 is 0 Å². The molecule has 1 unspecified atom stereocenters. The van der Waals surface area contributed by atoms with Crippen molar-refractivity contribution in [3.8, 4) is 11.1 Å². The maximum absolute atomic E-state index is 12.5. The Hall–Kier alpha value is -2.87. The van der Waals surface area contributed by atoms with E-state index >= 15 is 0 Å². The fraction of sp³-hybridized carbons (Fsp3) is 0.208. The van der Waals surface area contributed by atoms with Gasteiger partial charge in [-0.1, -0.05) is 98.8 Å². The molecule has 0 fully saturated rings. The molecular formula is C24H25NO. The molecule has 26 heavy (non-hydrogen) atoms. The molecule has 0 radical (unpaired) electrons. The topological polar surface area (TPSA) is 29.1 Å². The second-order valence-corrected chi connectivity index (χ2v) is 6.94. The Morgan fingerprint density at radius 1 is 0.769 bits per heavy atom. The minimum Gasteiger partial charge on any atom is -0.349 e. The standard InChI is InChI=1S/C24H25NO/c1-18(2)24(22-11-7-4-8-12-22)25-23(26)17-19-13-15-21(16-14-19)20-9-5-3-6-10-20/h3-16,18,24H,17H2,1-2H3,(H,25,26). The van der Waals surface area contributed by atoms with Crippen LogP contribution in [0.4, 0.5) is 0 Å². The van der Waals surface area contributed by atoms with Crippen molar-refractivity contribution >= 4 is 5.91 Å². The maximum Gasteiger partial charge on any atom is 0.224 e. The van der Waals surface area contributed by atoms with Gasteiger partial charge in [-0.15, -0.1) is 0 Å². The minimum atomic E-state index is 0.0345. The summed E-state index contributed by atoms with van der Waals surface area (Å²) >= 11 is 0. The molecule has 1 N–H and O–H groups in total. The van der Waals surface area contributed by atoms with Gasteiger partial charge in [-0.05, 0) is 28.2 Å². The van der Waals surface area contributed by atoms with Crippen LogP contribution in [0.2, 0.25) is 0 Å². The van der Waals surface area contributed by atoms with Crippen molar-refractivity contribution in [2.24, 2.45) is 5.92 Å². The Labute approximate surface area is 155 Å². The Kier molecular flexibility index (Phi) is 5.85. The summed E-state index contributed by atoms with van der Waals surface area (Å²) in [4.78, 5) is 12.5. The summed E-state index contributed by atoms with van der Waals surface area (Å²) in [6, 6.07) is 28.7. The summed E-state index contributed by atoms with van der Waals surface area (Å²) in [5.41, 5.74) is 4.53. The molecular weight excluding hydrogens is 318 g/mol. The first-order valence-corrected chi connectivity index (χ1v) is 9.12. The number of carbonyl (C=O) groups is 1. The molecule has 1 amide bonds. The van der Waals surface area contributed by atoms with E-state index in [0.29, 0.717) is 12.3 Å². The summed E-state index contributed by atoms with van der Waals surface area (Å²) in [5.74, 6) is 0.391. The monoisotopic (exact) mass is 343 g/mol. The largest absolute Gasteiger partial charge is 0.349 e. The highest BCUT2D eigenvalue weighted by Crippen LogP contribution is 2.22. The molecule has 0 aliphatic rings. The van der Waals surface area contributed by atoms with Crippen LogP contribution in [0.5, 0.6) is 0 Å². The molecule has 0 bridgehead atoms. The lowest BCUT2D eigenvalue weighted by atomic mass is 9.95. The van der Waals surface area contributed by atoms with Crippen molar-refractivity contribution < 1.29 is 4.79 Å². The van der Waals surface area contributed by atoms with E-state index in [-0.39, 0.29) is 11.9 Å². The second-order valence-electron chi connectivity index (χ2n) is 6.94. The number of carbonyl (C=O) groups excluding carboxylic acids is 1. The van der Waals surface area contributed by atoms with Crippen LogP contribution in [0.25, 0.3) is 11.1 Å². The van der Waals surface area contributed by atoms with E-state index in [4.69, 9.17) is 0 Å². The normalized spacial score (nSPS) is 12.0. The minimum absolute atomic E-state index is 0.0345. The Bertz CT molecular complexity index is 823. The van der Waals surface area contributed by atoms with E-state index in [1.807, 2.05) is 48.5 Å². The van der Waals surface area contributed by atoms with Crippen LogP contribution < -0.4 is 5.32 Å². The molecule has 3 aromatic rings. The predicted octanol–water partition coefficient (Wildman–Crippen LogP) is 5.41. The third-order valence-corrected chi connectivity index (χ3v) is 4.57. The van der Waals surface area contributed by atoms with Crippen molar-refractivity contribution in [3.05, 3.63) is 96.1 Å². The molecule has 0 saturated carbocycles. The number of hydrogen-bond acceptors (Lipinski definition) is 1. The Morgan fingerprint density at radius 3 is 1.88 bits per heavy atom. The third kappa shape index (κ3) is 4.60. The zero-order valence-corrected chi connectivity index (χ0v) is 15.4. The molecule has 0 aliphatic heterocycles.